The number of aromatic amines is 2. The molecule has 36 heavy (non-hydrogen) atoms. The second-order valence-corrected chi connectivity index (χ2v) is 10.4. The summed E-state index contributed by atoms with van der Waals surface area (Å²) in [5.74, 6) is 2.78. The van der Waals surface area contributed by atoms with Crippen molar-refractivity contribution in [3.8, 4) is 33.6 Å². The molecule has 1 aliphatic heterocycles. The number of H-pyrrole nitrogens is 2. The van der Waals surface area contributed by atoms with Crippen LogP contribution in [0.3, 0.4) is 0 Å². The molecule has 0 amide bonds. The van der Waals surface area contributed by atoms with Crippen molar-refractivity contribution in [3.63, 3.8) is 0 Å². The second kappa shape index (κ2) is 8.79. The first-order chi connectivity index (χ1) is 17.7. The minimum Gasteiger partial charge on any atom is -0.350 e. The van der Waals surface area contributed by atoms with Crippen LogP contribution in [-0.2, 0) is 7.05 Å². The summed E-state index contributed by atoms with van der Waals surface area (Å²) < 4.78 is 2.22. The first-order valence-corrected chi connectivity index (χ1v) is 13.3. The number of imidazole rings is 2. The van der Waals surface area contributed by atoms with Gasteiger partial charge in [-0.3, -0.25) is 0 Å². The number of nitrogens with zero attached hydrogens (tertiary/aromatic N) is 3. The zero-order valence-corrected chi connectivity index (χ0v) is 20.7. The number of fused-ring (bicyclic) bond motifs is 1. The molecule has 3 N–H and O–H groups in total. The molecule has 6 nitrogen and oxygen atoms in total. The zero-order chi connectivity index (χ0) is 24.1. The number of aromatic nitrogens is 5. The molecule has 2 aliphatic rings. The van der Waals surface area contributed by atoms with Crippen molar-refractivity contribution in [2.75, 3.05) is 6.54 Å². The van der Waals surface area contributed by atoms with E-state index in [0.717, 1.165) is 41.6 Å². The molecule has 2 aromatic carbocycles. The Balaban J connectivity index is 1.21. The van der Waals surface area contributed by atoms with E-state index in [1.165, 1.54) is 59.7 Å². The Morgan fingerprint density at radius 2 is 1.47 bits per heavy atom. The molecule has 182 valence electrons. The van der Waals surface area contributed by atoms with Crippen molar-refractivity contribution in [2.45, 2.75) is 50.5 Å². The SMILES string of the molecule is Cn1ccc2c(-c3ccc(-c4cnc([C@@H]5CCCN5)[nH]4)cc3)ccc(-c3cnc(C4CCCC4)[nH]3)c21. The third kappa shape index (κ3) is 3.68. The van der Waals surface area contributed by atoms with Crippen molar-refractivity contribution < 1.29 is 0 Å². The van der Waals surface area contributed by atoms with Crippen LogP contribution in [0.25, 0.3) is 44.5 Å². The van der Waals surface area contributed by atoms with E-state index in [0.29, 0.717) is 12.0 Å². The van der Waals surface area contributed by atoms with E-state index >= 15 is 0 Å². The van der Waals surface area contributed by atoms with Crippen molar-refractivity contribution in [1.29, 1.82) is 0 Å². The highest BCUT2D eigenvalue weighted by Crippen LogP contribution is 2.38. The molecule has 0 spiro atoms. The van der Waals surface area contributed by atoms with Crippen molar-refractivity contribution in [2.24, 2.45) is 7.05 Å². The number of rotatable bonds is 5. The molecule has 5 aromatic rings. The highest BCUT2D eigenvalue weighted by atomic mass is 15.0. The summed E-state index contributed by atoms with van der Waals surface area (Å²) in [5, 5.41) is 4.78. The summed E-state index contributed by atoms with van der Waals surface area (Å²) >= 11 is 0. The topological polar surface area (TPSA) is 74.3 Å². The van der Waals surface area contributed by atoms with Crippen LogP contribution < -0.4 is 5.32 Å². The smallest absolute Gasteiger partial charge is 0.123 e. The van der Waals surface area contributed by atoms with Crippen LogP contribution in [0, 0.1) is 0 Å². The van der Waals surface area contributed by atoms with Gasteiger partial charge in [0.1, 0.15) is 11.6 Å². The summed E-state index contributed by atoms with van der Waals surface area (Å²) in [6, 6.07) is 15.9. The van der Waals surface area contributed by atoms with Gasteiger partial charge in [-0.1, -0.05) is 49.2 Å². The molecule has 0 radical (unpaired) electrons. The fourth-order valence-electron chi connectivity index (χ4n) is 6.17. The van der Waals surface area contributed by atoms with Crippen LogP contribution in [-0.4, -0.2) is 31.0 Å². The molecule has 3 aromatic heterocycles. The first kappa shape index (κ1) is 21.6. The average molecular weight is 477 g/mol. The van der Waals surface area contributed by atoms with E-state index in [9.17, 15) is 0 Å². The Hall–Kier alpha value is -3.64. The van der Waals surface area contributed by atoms with Gasteiger partial charge in [0.25, 0.3) is 0 Å². The highest BCUT2D eigenvalue weighted by Gasteiger charge is 2.22. The van der Waals surface area contributed by atoms with E-state index in [2.05, 4.69) is 80.5 Å². The number of nitrogens with one attached hydrogen (secondary N) is 3. The standard InChI is InChI=1S/C30H32N6/c1-36-16-14-23-22(12-13-24(28(23)36)27-18-32-29(35-27)21-5-2-3-6-21)19-8-10-20(11-9-19)26-17-33-30(34-26)25-7-4-15-31-25/h8-14,16-18,21,25,31H,2-7,15H2,1H3,(H,32,35)(H,33,34)/t25-/m0/s1. The van der Waals surface area contributed by atoms with Gasteiger partial charge in [0.05, 0.1) is 35.3 Å². The predicted octanol–water partition coefficient (Wildman–Crippen LogP) is 6.71. The van der Waals surface area contributed by atoms with Crippen LogP contribution >= 0.6 is 0 Å². The van der Waals surface area contributed by atoms with Crippen molar-refractivity contribution >= 4 is 10.9 Å². The largest absolute Gasteiger partial charge is 0.350 e. The number of hydrogen-bond donors (Lipinski definition) is 3. The van der Waals surface area contributed by atoms with Gasteiger partial charge in [-0.05, 0) is 55.0 Å². The Morgan fingerprint density at radius 3 is 2.28 bits per heavy atom. The lowest BCUT2D eigenvalue weighted by Crippen LogP contribution is -2.14. The Morgan fingerprint density at radius 1 is 0.750 bits per heavy atom. The molecule has 6 heteroatoms. The van der Waals surface area contributed by atoms with E-state index in [1.54, 1.807) is 0 Å². The van der Waals surface area contributed by atoms with Gasteiger partial charge in [0, 0.05) is 30.1 Å². The van der Waals surface area contributed by atoms with Gasteiger partial charge < -0.3 is 19.9 Å². The first-order valence-electron chi connectivity index (χ1n) is 13.3. The van der Waals surface area contributed by atoms with Gasteiger partial charge in [-0.25, -0.2) is 9.97 Å². The highest BCUT2D eigenvalue weighted by molar-refractivity contribution is 6.03. The molecule has 2 fully saturated rings. The molecular weight excluding hydrogens is 444 g/mol. The predicted molar refractivity (Wildman–Crippen MR) is 145 cm³/mol. The van der Waals surface area contributed by atoms with E-state index in [1.807, 2.05) is 12.4 Å². The lowest BCUT2D eigenvalue weighted by molar-refractivity contribution is 0.613. The summed E-state index contributed by atoms with van der Waals surface area (Å²) in [4.78, 5) is 16.6. The normalized spacial score (nSPS) is 18.5. The Labute approximate surface area is 211 Å². The molecule has 4 heterocycles. The summed E-state index contributed by atoms with van der Waals surface area (Å²) in [6.07, 6.45) is 13.6. The van der Waals surface area contributed by atoms with Crippen LogP contribution in [0.2, 0.25) is 0 Å². The maximum Gasteiger partial charge on any atom is 0.123 e. The average Bonchev–Trinajstić information content (AvgIpc) is 3.74. The van der Waals surface area contributed by atoms with Crippen molar-refractivity contribution in [1.82, 2.24) is 29.8 Å². The number of aryl methyl sites for hydroxylation is 1. The Kier molecular flexibility index (Phi) is 5.28. The molecule has 1 saturated heterocycles. The molecule has 0 bridgehead atoms. The summed E-state index contributed by atoms with van der Waals surface area (Å²) in [7, 11) is 2.13. The lowest BCUT2D eigenvalue weighted by Gasteiger charge is -2.11. The lowest BCUT2D eigenvalue weighted by atomic mass is 9.97. The van der Waals surface area contributed by atoms with Crippen LogP contribution in [0.15, 0.2) is 61.1 Å². The minimum absolute atomic E-state index is 0.354. The maximum atomic E-state index is 4.76. The second-order valence-electron chi connectivity index (χ2n) is 10.4. The fourth-order valence-corrected chi connectivity index (χ4v) is 6.17. The van der Waals surface area contributed by atoms with Gasteiger partial charge in [-0.15, -0.1) is 0 Å². The van der Waals surface area contributed by atoms with Gasteiger partial charge >= 0.3 is 0 Å². The van der Waals surface area contributed by atoms with Gasteiger partial charge in [-0.2, -0.15) is 0 Å². The summed E-state index contributed by atoms with van der Waals surface area (Å²) in [6.45, 7) is 1.07. The third-order valence-corrected chi connectivity index (χ3v) is 8.15. The molecule has 1 atom stereocenters. The molecule has 7 rings (SSSR count). The number of hydrogen-bond acceptors (Lipinski definition) is 3. The molecule has 1 saturated carbocycles. The van der Waals surface area contributed by atoms with Gasteiger partial charge in [0.15, 0.2) is 0 Å². The van der Waals surface area contributed by atoms with Crippen LogP contribution in [0.4, 0.5) is 0 Å². The van der Waals surface area contributed by atoms with E-state index < -0.39 is 0 Å². The van der Waals surface area contributed by atoms with Gasteiger partial charge in [0.2, 0.25) is 0 Å². The third-order valence-electron chi connectivity index (χ3n) is 8.15. The molecule has 0 unspecified atom stereocenters. The zero-order valence-electron chi connectivity index (χ0n) is 20.7. The van der Waals surface area contributed by atoms with Crippen LogP contribution in [0.5, 0.6) is 0 Å². The van der Waals surface area contributed by atoms with E-state index in [4.69, 9.17) is 4.98 Å². The Bertz CT molecular complexity index is 1510. The monoisotopic (exact) mass is 476 g/mol. The summed E-state index contributed by atoms with van der Waals surface area (Å²) in [5.41, 5.74) is 8.25. The molecule has 1 aliphatic carbocycles. The van der Waals surface area contributed by atoms with Crippen LogP contribution in [0.1, 0.15) is 62.1 Å². The maximum absolute atomic E-state index is 4.76. The number of benzene rings is 2. The van der Waals surface area contributed by atoms with E-state index in [-0.39, 0.29) is 0 Å². The molecular formula is C30H32N6. The quantitative estimate of drug-likeness (QED) is 0.264. The fraction of sp³-hybridized carbons (Fsp3) is 0.333. The minimum atomic E-state index is 0.354. The van der Waals surface area contributed by atoms with Crippen molar-refractivity contribution in [3.05, 3.63) is 72.7 Å².